The van der Waals surface area contributed by atoms with Crippen LogP contribution >= 0.6 is 0 Å². The Labute approximate surface area is 132 Å². The molecule has 8 heteroatoms. The zero-order valence-corrected chi connectivity index (χ0v) is 12.7. The SMILES string of the molecule is Cc1nnc([C@@H](C)OC(=O)c2ccccc2Cn2cncn2)o1. The number of hydrogen-bond acceptors (Lipinski definition) is 7. The molecule has 1 atom stereocenters. The van der Waals surface area contributed by atoms with Gasteiger partial charge in [-0.1, -0.05) is 18.2 Å². The molecule has 118 valence electrons. The molecule has 8 nitrogen and oxygen atoms in total. The number of carbonyl (C=O) groups excluding carboxylic acids is 1. The van der Waals surface area contributed by atoms with E-state index in [1.165, 1.54) is 6.33 Å². The maximum Gasteiger partial charge on any atom is 0.339 e. The minimum atomic E-state index is -0.622. The highest BCUT2D eigenvalue weighted by atomic mass is 16.6. The molecule has 0 saturated carbocycles. The van der Waals surface area contributed by atoms with Crippen LogP contribution in [0.4, 0.5) is 0 Å². The van der Waals surface area contributed by atoms with Gasteiger partial charge in [0.25, 0.3) is 5.89 Å². The first-order valence-corrected chi connectivity index (χ1v) is 7.05. The van der Waals surface area contributed by atoms with E-state index < -0.39 is 12.1 Å². The highest BCUT2D eigenvalue weighted by molar-refractivity contribution is 5.91. The third-order valence-electron chi connectivity index (χ3n) is 3.21. The average molecular weight is 313 g/mol. The summed E-state index contributed by atoms with van der Waals surface area (Å²) in [5, 5.41) is 11.6. The molecule has 0 aliphatic rings. The Bertz CT molecular complexity index is 797. The maximum atomic E-state index is 12.4. The quantitative estimate of drug-likeness (QED) is 0.664. The number of benzene rings is 1. The molecular weight excluding hydrogens is 298 g/mol. The van der Waals surface area contributed by atoms with Crippen LogP contribution in [-0.2, 0) is 11.3 Å². The van der Waals surface area contributed by atoms with Gasteiger partial charge in [0, 0.05) is 6.92 Å². The first-order valence-electron chi connectivity index (χ1n) is 7.05. The molecule has 0 radical (unpaired) electrons. The van der Waals surface area contributed by atoms with Gasteiger partial charge in [0.2, 0.25) is 5.89 Å². The Morgan fingerprint density at radius 1 is 1.35 bits per heavy atom. The number of nitrogens with zero attached hydrogens (tertiary/aromatic N) is 5. The zero-order valence-electron chi connectivity index (χ0n) is 12.7. The van der Waals surface area contributed by atoms with Crippen molar-refractivity contribution in [3.8, 4) is 0 Å². The molecule has 3 aromatic rings. The Morgan fingerprint density at radius 2 is 2.17 bits per heavy atom. The van der Waals surface area contributed by atoms with Crippen molar-refractivity contribution in [2.75, 3.05) is 0 Å². The van der Waals surface area contributed by atoms with Crippen LogP contribution in [0.5, 0.6) is 0 Å². The van der Waals surface area contributed by atoms with Gasteiger partial charge in [-0.15, -0.1) is 10.2 Å². The lowest BCUT2D eigenvalue weighted by molar-refractivity contribution is 0.0275. The smallest absolute Gasteiger partial charge is 0.339 e. The van der Waals surface area contributed by atoms with Crippen LogP contribution < -0.4 is 0 Å². The van der Waals surface area contributed by atoms with Gasteiger partial charge in [-0.2, -0.15) is 5.10 Å². The van der Waals surface area contributed by atoms with E-state index in [2.05, 4.69) is 20.3 Å². The second-order valence-electron chi connectivity index (χ2n) is 4.96. The molecule has 0 unspecified atom stereocenters. The molecule has 0 amide bonds. The third kappa shape index (κ3) is 3.42. The highest BCUT2D eigenvalue weighted by Crippen LogP contribution is 2.19. The summed E-state index contributed by atoms with van der Waals surface area (Å²) in [4.78, 5) is 16.3. The summed E-state index contributed by atoms with van der Waals surface area (Å²) in [5.74, 6) is 0.239. The predicted octanol–water partition coefficient (Wildman–Crippen LogP) is 1.94. The molecule has 0 fully saturated rings. The molecule has 0 bridgehead atoms. The Hall–Kier alpha value is -3.03. The van der Waals surface area contributed by atoms with Crippen LogP contribution in [0, 0.1) is 6.92 Å². The van der Waals surface area contributed by atoms with Crippen LogP contribution in [0.25, 0.3) is 0 Å². The lowest BCUT2D eigenvalue weighted by Crippen LogP contribution is -2.13. The molecule has 0 saturated heterocycles. The molecule has 3 rings (SSSR count). The van der Waals surface area contributed by atoms with Crippen molar-refractivity contribution < 1.29 is 13.9 Å². The second-order valence-corrected chi connectivity index (χ2v) is 4.96. The van der Waals surface area contributed by atoms with Gasteiger partial charge < -0.3 is 9.15 Å². The van der Waals surface area contributed by atoms with Gasteiger partial charge in [0.1, 0.15) is 12.7 Å². The molecule has 0 spiro atoms. The molecular formula is C15H15N5O3. The van der Waals surface area contributed by atoms with Crippen LogP contribution in [0.2, 0.25) is 0 Å². The fourth-order valence-electron chi connectivity index (χ4n) is 2.10. The van der Waals surface area contributed by atoms with Gasteiger partial charge in [-0.05, 0) is 18.6 Å². The summed E-state index contributed by atoms with van der Waals surface area (Å²) < 4.78 is 12.3. The minimum absolute atomic E-state index is 0.268. The zero-order chi connectivity index (χ0) is 16.2. The molecule has 23 heavy (non-hydrogen) atoms. The number of rotatable bonds is 5. The largest absolute Gasteiger partial charge is 0.449 e. The van der Waals surface area contributed by atoms with Gasteiger partial charge >= 0.3 is 5.97 Å². The number of ether oxygens (including phenoxy) is 1. The number of aromatic nitrogens is 5. The summed E-state index contributed by atoms with van der Waals surface area (Å²) in [5.41, 5.74) is 1.25. The molecule has 2 aromatic heterocycles. The summed E-state index contributed by atoms with van der Waals surface area (Å²) in [6, 6.07) is 7.19. The van der Waals surface area contributed by atoms with Crippen LogP contribution in [0.15, 0.2) is 41.3 Å². The first kappa shape index (κ1) is 14.9. The van der Waals surface area contributed by atoms with Crippen LogP contribution in [0.3, 0.4) is 0 Å². The van der Waals surface area contributed by atoms with Crippen molar-refractivity contribution >= 4 is 5.97 Å². The van der Waals surface area contributed by atoms with E-state index in [0.29, 0.717) is 18.0 Å². The monoisotopic (exact) mass is 313 g/mol. The Morgan fingerprint density at radius 3 is 2.87 bits per heavy atom. The standard InChI is InChI=1S/C15H15N5O3/c1-10(14-19-18-11(2)23-14)22-15(21)13-6-4-3-5-12(13)7-20-9-16-8-17-20/h3-6,8-10H,7H2,1-2H3/t10-/m1/s1. The summed E-state index contributed by atoms with van der Waals surface area (Å²) in [6.07, 6.45) is 2.41. The number of hydrogen-bond donors (Lipinski definition) is 0. The van der Waals surface area contributed by atoms with Crippen molar-refractivity contribution in [2.45, 2.75) is 26.5 Å². The highest BCUT2D eigenvalue weighted by Gasteiger charge is 2.20. The van der Waals surface area contributed by atoms with E-state index in [1.807, 2.05) is 12.1 Å². The minimum Gasteiger partial charge on any atom is -0.449 e. The second kappa shape index (κ2) is 6.39. The van der Waals surface area contributed by atoms with E-state index in [9.17, 15) is 4.79 Å². The third-order valence-corrected chi connectivity index (χ3v) is 3.21. The van der Waals surface area contributed by atoms with Gasteiger partial charge in [-0.3, -0.25) is 0 Å². The summed E-state index contributed by atoms with van der Waals surface area (Å²) in [6.45, 7) is 3.79. The Kier molecular flexibility index (Phi) is 4.13. The van der Waals surface area contributed by atoms with E-state index in [4.69, 9.17) is 9.15 Å². The number of aryl methyl sites for hydroxylation is 1. The molecule has 0 N–H and O–H groups in total. The van der Waals surface area contributed by atoms with E-state index in [0.717, 1.165) is 5.56 Å². The van der Waals surface area contributed by atoms with Crippen molar-refractivity contribution in [3.63, 3.8) is 0 Å². The average Bonchev–Trinajstić information content (AvgIpc) is 3.19. The van der Waals surface area contributed by atoms with E-state index >= 15 is 0 Å². The van der Waals surface area contributed by atoms with Crippen LogP contribution in [0.1, 0.15) is 40.7 Å². The predicted molar refractivity (Wildman–Crippen MR) is 78.4 cm³/mol. The topological polar surface area (TPSA) is 95.9 Å². The van der Waals surface area contributed by atoms with Gasteiger partial charge in [-0.25, -0.2) is 14.5 Å². The summed E-state index contributed by atoms with van der Waals surface area (Å²) >= 11 is 0. The molecule has 0 aliphatic heterocycles. The van der Waals surface area contributed by atoms with Crippen molar-refractivity contribution in [3.05, 3.63) is 59.8 Å². The van der Waals surface area contributed by atoms with Crippen LogP contribution in [-0.4, -0.2) is 30.9 Å². The van der Waals surface area contributed by atoms with Gasteiger partial charge in [0.15, 0.2) is 6.10 Å². The first-order chi connectivity index (χ1) is 11.1. The molecule has 0 aliphatic carbocycles. The number of esters is 1. The maximum absolute atomic E-state index is 12.4. The number of carbonyl (C=O) groups is 1. The van der Waals surface area contributed by atoms with Crippen molar-refractivity contribution in [2.24, 2.45) is 0 Å². The molecule has 2 heterocycles. The fraction of sp³-hybridized carbons (Fsp3) is 0.267. The fourth-order valence-corrected chi connectivity index (χ4v) is 2.10. The lowest BCUT2D eigenvalue weighted by atomic mass is 10.1. The molecule has 1 aromatic carbocycles. The van der Waals surface area contributed by atoms with Gasteiger partial charge in [0.05, 0.1) is 12.1 Å². The summed E-state index contributed by atoms with van der Waals surface area (Å²) in [7, 11) is 0. The van der Waals surface area contributed by atoms with E-state index in [-0.39, 0.29) is 5.89 Å². The van der Waals surface area contributed by atoms with Crippen molar-refractivity contribution in [1.82, 2.24) is 25.0 Å². The Balaban J connectivity index is 1.77. The van der Waals surface area contributed by atoms with E-state index in [1.54, 1.807) is 37.0 Å². The lowest BCUT2D eigenvalue weighted by Gasteiger charge is -2.12. The normalized spacial score (nSPS) is 12.1. The van der Waals surface area contributed by atoms with Crippen molar-refractivity contribution in [1.29, 1.82) is 0 Å².